The number of benzene rings is 2. The van der Waals surface area contributed by atoms with Crippen LogP contribution in [0.5, 0.6) is 0 Å². The molecule has 1 heterocycles. The van der Waals surface area contributed by atoms with Gasteiger partial charge in [-0.1, -0.05) is 17.7 Å². The Morgan fingerprint density at radius 1 is 1.08 bits per heavy atom. The van der Waals surface area contributed by atoms with Crippen LogP contribution in [-0.2, 0) is 19.4 Å². The Bertz CT molecular complexity index is 909. The Labute approximate surface area is 147 Å². The Kier molecular flexibility index (Phi) is 4.22. The molecule has 0 atom stereocenters. The number of nitrogens with two attached hydrogens (primary N) is 1. The second kappa shape index (κ2) is 6.52. The van der Waals surface area contributed by atoms with Crippen LogP contribution >= 0.6 is 0 Å². The van der Waals surface area contributed by atoms with Gasteiger partial charge in [-0.2, -0.15) is 0 Å². The van der Waals surface area contributed by atoms with Gasteiger partial charge in [0.1, 0.15) is 5.82 Å². The molecule has 3 N–H and O–H groups in total. The summed E-state index contributed by atoms with van der Waals surface area (Å²) in [5.74, 6) is -0.171. The van der Waals surface area contributed by atoms with Crippen molar-refractivity contribution in [3.8, 4) is 0 Å². The van der Waals surface area contributed by atoms with E-state index in [-0.39, 0.29) is 5.82 Å². The summed E-state index contributed by atoms with van der Waals surface area (Å²) in [6.07, 6.45) is 4.39. The van der Waals surface area contributed by atoms with E-state index in [1.165, 1.54) is 29.7 Å². The van der Waals surface area contributed by atoms with E-state index in [1.54, 1.807) is 6.07 Å². The summed E-state index contributed by atoms with van der Waals surface area (Å²) in [4.78, 5) is 0. The van der Waals surface area contributed by atoms with Crippen molar-refractivity contribution in [2.45, 2.75) is 39.2 Å². The predicted molar refractivity (Wildman–Crippen MR) is 102 cm³/mol. The van der Waals surface area contributed by atoms with Crippen LogP contribution in [0, 0.1) is 12.7 Å². The van der Waals surface area contributed by atoms with E-state index in [0.29, 0.717) is 18.6 Å². The molecule has 2 aromatic carbocycles. The van der Waals surface area contributed by atoms with Crippen molar-refractivity contribution in [2.75, 3.05) is 11.9 Å². The van der Waals surface area contributed by atoms with Crippen LogP contribution in [0.3, 0.4) is 0 Å². The predicted octanol–water partition coefficient (Wildman–Crippen LogP) is 4.67. The first-order valence-electron chi connectivity index (χ1n) is 9.04. The highest BCUT2D eigenvalue weighted by molar-refractivity contribution is 5.90. The van der Waals surface area contributed by atoms with Crippen LogP contribution in [0.15, 0.2) is 36.4 Å². The SMILES string of the molecule is Cc1ccc(Nc2cc(F)c3c(c2)c2c(n3CCN)CCCC2)cc1. The van der Waals surface area contributed by atoms with E-state index in [2.05, 4.69) is 35.0 Å². The van der Waals surface area contributed by atoms with Gasteiger partial charge in [-0.15, -0.1) is 0 Å². The zero-order valence-electron chi connectivity index (χ0n) is 14.6. The molecule has 0 unspecified atom stereocenters. The smallest absolute Gasteiger partial charge is 0.149 e. The molecule has 0 fully saturated rings. The van der Waals surface area contributed by atoms with E-state index >= 15 is 0 Å². The number of anilines is 2. The normalized spacial score (nSPS) is 13.9. The van der Waals surface area contributed by atoms with Gasteiger partial charge in [0.05, 0.1) is 5.52 Å². The molecule has 4 heteroatoms. The molecule has 1 aromatic heterocycles. The van der Waals surface area contributed by atoms with Crippen molar-refractivity contribution >= 4 is 22.3 Å². The molecule has 0 saturated heterocycles. The molecule has 3 nitrogen and oxygen atoms in total. The number of aryl methyl sites for hydroxylation is 2. The lowest BCUT2D eigenvalue weighted by Crippen LogP contribution is -2.14. The molecule has 1 aliphatic carbocycles. The fourth-order valence-corrected chi connectivity index (χ4v) is 3.97. The van der Waals surface area contributed by atoms with E-state index in [0.717, 1.165) is 29.6 Å². The van der Waals surface area contributed by atoms with Crippen LogP contribution < -0.4 is 11.1 Å². The molecular formula is C21H24FN3. The Morgan fingerprint density at radius 2 is 1.84 bits per heavy atom. The quantitative estimate of drug-likeness (QED) is 0.726. The molecule has 0 aliphatic heterocycles. The maximum atomic E-state index is 15.0. The average Bonchev–Trinajstić information content (AvgIpc) is 2.92. The number of nitrogens with zero attached hydrogens (tertiary/aromatic N) is 1. The summed E-state index contributed by atoms with van der Waals surface area (Å²) in [7, 11) is 0. The number of hydrogen-bond acceptors (Lipinski definition) is 2. The van der Waals surface area contributed by atoms with Gasteiger partial charge in [-0.25, -0.2) is 4.39 Å². The summed E-state index contributed by atoms with van der Waals surface area (Å²) in [5.41, 5.74) is 12.1. The maximum Gasteiger partial charge on any atom is 0.149 e. The van der Waals surface area contributed by atoms with Gasteiger partial charge in [0.2, 0.25) is 0 Å². The van der Waals surface area contributed by atoms with Gasteiger partial charge in [0.15, 0.2) is 0 Å². The molecule has 4 rings (SSSR count). The Morgan fingerprint density at radius 3 is 2.60 bits per heavy atom. The monoisotopic (exact) mass is 337 g/mol. The minimum atomic E-state index is -0.171. The molecule has 1 aliphatic rings. The molecule has 0 spiro atoms. The summed E-state index contributed by atoms with van der Waals surface area (Å²) in [6.45, 7) is 3.26. The van der Waals surface area contributed by atoms with Crippen molar-refractivity contribution in [3.63, 3.8) is 0 Å². The number of rotatable bonds is 4. The molecule has 0 saturated carbocycles. The number of halogens is 1. The van der Waals surface area contributed by atoms with Gasteiger partial charge in [0.25, 0.3) is 0 Å². The lowest BCUT2D eigenvalue weighted by molar-refractivity contribution is 0.597. The second-order valence-electron chi connectivity index (χ2n) is 6.92. The first-order chi connectivity index (χ1) is 12.2. The Balaban J connectivity index is 1.82. The van der Waals surface area contributed by atoms with Gasteiger partial charge in [-0.05, 0) is 62.4 Å². The highest BCUT2D eigenvalue weighted by Gasteiger charge is 2.22. The third kappa shape index (κ3) is 2.91. The lowest BCUT2D eigenvalue weighted by Gasteiger charge is -2.15. The lowest BCUT2D eigenvalue weighted by atomic mass is 9.95. The molecule has 130 valence electrons. The van der Waals surface area contributed by atoms with Crippen molar-refractivity contribution < 1.29 is 4.39 Å². The van der Waals surface area contributed by atoms with Crippen LogP contribution in [0.25, 0.3) is 10.9 Å². The van der Waals surface area contributed by atoms with Crippen LogP contribution in [0.4, 0.5) is 15.8 Å². The van der Waals surface area contributed by atoms with E-state index in [1.807, 2.05) is 12.1 Å². The third-order valence-electron chi connectivity index (χ3n) is 5.12. The number of hydrogen-bond donors (Lipinski definition) is 2. The standard InChI is InChI=1S/C21H24FN3/c1-14-6-8-15(9-7-14)24-16-12-18-17-4-2-3-5-20(17)25(11-10-23)21(18)19(22)13-16/h6-9,12-13,24H,2-5,10-11,23H2,1H3. The molecule has 3 aromatic rings. The zero-order valence-corrected chi connectivity index (χ0v) is 14.6. The highest BCUT2D eigenvalue weighted by Crippen LogP contribution is 2.36. The number of aromatic nitrogens is 1. The maximum absolute atomic E-state index is 15.0. The van der Waals surface area contributed by atoms with Gasteiger partial charge in [-0.3, -0.25) is 0 Å². The van der Waals surface area contributed by atoms with Gasteiger partial charge < -0.3 is 15.6 Å². The molecule has 0 bridgehead atoms. The second-order valence-corrected chi connectivity index (χ2v) is 6.92. The summed E-state index contributed by atoms with van der Waals surface area (Å²) in [5, 5.41) is 4.38. The highest BCUT2D eigenvalue weighted by atomic mass is 19.1. The van der Waals surface area contributed by atoms with Crippen molar-refractivity contribution in [2.24, 2.45) is 5.73 Å². The first-order valence-corrected chi connectivity index (χ1v) is 9.04. The average molecular weight is 337 g/mol. The summed E-state index contributed by atoms with van der Waals surface area (Å²) < 4.78 is 17.1. The van der Waals surface area contributed by atoms with Gasteiger partial charge >= 0.3 is 0 Å². The summed E-state index contributed by atoms with van der Waals surface area (Å²) >= 11 is 0. The third-order valence-corrected chi connectivity index (χ3v) is 5.12. The largest absolute Gasteiger partial charge is 0.355 e. The zero-order chi connectivity index (χ0) is 17.4. The van der Waals surface area contributed by atoms with Crippen molar-refractivity contribution in [3.05, 3.63) is 59.0 Å². The molecule has 25 heavy (non-hydrogen) atoms. The molecule has 0 amide bonds. The Hall–Kier alpha value is -2.33. The minimum Gasteiger partial charge on any atom is -0.355 e. The van der Waals surface area contributed by atoms with Crippen LogP contribution in [-0.4, -0.2) is 11.1 Å². The van der Waals surface area contributed by atoms with E-state index in [9.17, 15) is 4.39 Å². The topological polar surface area (TPSA) is 43.0 Å². The van der Waals surface area contributed by atoms with Crippen LogP contribution in [0.2, 0.25) is 0 Å². The van der Waals surface area contributed by atoms with E-state index in [4.69, 9.17) is 5.73 Å². The summed E-state index contributed by atoms with van der Waals surface area (Å²) in [6, 6.07) is 11.8. The fraction of sp³-hybridized carbons (Fsp3) is 0.333. The van der Waals surface area contributed by atoms with Gasteiger partial charge in [0, 0.05) is 35.5 Å². The molecule has 0 radical (unpaired) electrons. The van der Waals surface area contributed by atoms with Crippen molar-refractivity contribution in [1.82, 2.24) is 4.57 Å². The van der Waals surface area contributed by atoms with E-state index < -0.39 is 0 Å². The number of nitrogens with one attached hydrogen (secondary N) is 1. The minimum absolute atomic E-state index is 0.171. The first kappa shape index (κ1) is 16.2. The molecular weight excluding hydrogens is 313 g/mol. The number of fused-ring (bicyclic) bond motifs is 3. The van der Waals surface area contributed by atoms with Crippen molar-refractivity contribution in [1.29, 1.82) is 0 Å². The van der Waals surface area contributed by atoms with Crippen LogP contribution in [0.1, 0.15) is 29.7 Å². The fourth-order valence-electron chi connectivity index (χ4n) is 3.97.